The molecule has 0 aliphatic rings. The van der Waals surface area contributed by atoms with Crippen molar-refractivity contribution in [3.05, 3.63) is 71.0 Å². The maximum atomic E-state index is 13.5. The number of aliphatic imine (C=N–C) groups is 1. The van der Waals surface area contributed by atoms with Crippen LogP contribution in [0.25, 0.3) is 27.7 Å². The van der Waals surface area contributed by atoms with E-state index in [2.05, 4.69) is 27.7 Å². The lowest BCUT2D eigenvalue weighted by Crippen LogP contribution is -2.08. The predicted molar refractivity (Wildman–Crippen MR) is 111 cm³/mol. The van der Waals surface area contributed by atoms with Gasteiger partial charge in [-0.1, -0.05) is 23.7 Å². The maximum absolute atomic E-state index is 13.5. The first-order valence-corrected chi connectivity index (χ1v) is 8.74. The van der Waals surface area contributed by atoms with E-state index in [0.717, 1.165) is 39.1 Å². The fourth-order valence-electron chi connectivity index (χ4n) is 2.76. The summed E-state index contributed by atoms with van der Waals surface area (Å²) in [5, 5.41) is 1.04. The highest BCUT2D eigenvalue weighted by Crippen LogP contribution is 2.31. The van der Waals surface area contributed by atoms with E-state index in [1.807, 2.05) is 50.5 Å². The Hall–Kier alpha value is -2.92. The Morgan fingerprint density at radius 2 is 2.07 bits per heavy atom. The van der Waals surface area contributed by atoms with Crippen LogP contribution < -0.4 is 0 Å². The fourth-order valence-corrected chi connectivity index (χ4v) is 2.94. The molecule has 0 radical (unpaired) electrons. The highest BCUT2D eigenvalue weighted by Gasteiger charge is 2.10. The molecule has 0 saturated heterocycles. The van der Waals surface area contributed by atoms with Crippen LogP contribution in [-0.2, 0) is 0 Å². The van der Waals surface area contributed by atoms with Crippen LogP contribution in [0, 0.1) is 5.82 Å². The number of benzene rings is 1. The van der Waals surface area contributed by atoms with E-state index in [0.29, 0.717) is 0 Å². The number of fused-ring (bicyclic) bond motifs is 1. The van der Waals surface area contributed by atoms with Gasteiger partial charge in [0.2, 0.25) is 0 Å². The number of halogens is 2. The number of hydrogen-bond acceptors (Lipinski definition) is 3. The Kier molecular flexibility index (Phi) is 5.42. The SMILES string of the molecule is C=N/C(=C\C=C(/C)c1cnc2[nH]cc(-c3ccc(F)c(Cl)c3)c2c1)N(C)C. The summed E-state index contributed by atoms with van der Waals surface area (Å²) in [5.74, 6) is 0.337. The molecule has 0 aliphatic carbocycles. The van der Waals surface area contributed by atoms with E-state index >= 15 is 0 Å². The molecule has 3 rings (SSSR count). The first-order valence-electron chi connectivity index (χ1n) is 8.36. The average molecular weight is 383 g/mol. The van der Waals surface area contributed by atoms with Crippen LogP contribution in [0.1, 0.15) is 12.5 Å². The molecule has 0 unspecified atom stereocenters. The van der Waals surface area contributed by atoms with Crippen molar-refractivity contribution in [2.75, 3.05) is 14.1 Å². The number of pyridine rings is 1. The zero-order valence-corrected chi connectivity index (χ0v) is 16.2. The summed E-state index contributed by atoms with van der Waals surface area (Å²) in [6.45, 7) is 5.59. The van der Waals surface area contributed by atoms with Gasteiger partial charge in [0.1, 0.15) is 17.3 Å². The van der Waals surface area contributed by atoms with Crippen molar-refractivity contribution in [1.29, 1.82) is 0 Å². The quantitative estimate of drug-likeness (QED) is 0.465. The topological polar surface area (TPSA) is 44.3 Å². The number of aromatic amines is 1. The Morgan fingerprint density at radius 3 is 2.74 bits per heavy atom. The maximum Gasteiger partial charge on any atom is 0.141 e. The van der Waals surface area contributed by atoms with Crippen molar-refractivity contribution in [1.82, 2.24) is 14.9 Å². The van der Waals surface area contributed by atoms with Crippen molar-refractivity contribution < 1.29 is 4.39 Å². The molecule has 0 fully saturated rings. The summed E-state index contributed by atoms with van der Waals surface area (Å²) >= 11 is 5.94. The molecule has 0 saturated carbocycles. The van der Waals surface area contributed by atoms with Gasteiger partial charge in [-0.05, 0) is 54.6 Å². The molecule has 138 valence electrons. The van der Waals surface area contributed by atoms with Crippen molar-refractivity contribution in [3.63, 3.8) is 0 Å². The van der Waals surface area contributed by atoms with E-state index in [9.17, 15) is 4.39 Å². The van der Waals surface area contributed by atoms with Gasteiger partial charge in [-0.15, -0.1) is 0 Å². The Morgan fingerprint density at radius 1 is 1.30 bits per heavy atom. The van der Waals surface area contributed by atoms with Crippen LogP contribution in [0.3, 0.4) is 0 Å². The summed E-state index contributed by atoms with van der Waals surface area (Å²) in [7, 11) is 3.83. The molecule has 2 aromatic heterocycles. The van der Waals surface area contributed by atoms with Crippen molar-refractivity contribution in [2.24, 2.45) is 4.99 Å². The minimum absolute atomic E-state index is 0.0975. The second-order valence-electron chi connectivity index (χ2n) is 6.38. The number of nitrogens with one attached hydrogen (secondary N) is 1. The van der Waals surface area contributed by atoms with Crippen LogP contribution in [0.4, 0.5) is 4.39 Å². The summed E-state index contributed by atoms with van der Waals surface area (Å²) in [6.07, 6.45) is 7.56. The van der Waals surface area contributed by atoms with Gasteiger partial charge in [0.25, 0.3) is 0 Å². The molecule has 3 aromatic rings. The van der Waals surface area contributed by atoms with Gasteiger partial charge in [0, 0.05) is 37.4 Å². The lowest BCUT2D eigenvalue weighted by atomic mass is 10.0. The molecule has 1 N–H and O–H groups in total. The van der Waals surface area contributed by atoms with Gasteiger partial charge in [-0.25, -0.2) is 14.4 Å². The molecule has 6 heteroatoms. The van der Waals surface area contributed by atoms with Crippen molar-refractivity contribution in [2.45, 2.75) is 6.92 Å². The van der Waals surface area contributed by atoms with Gasteiger partial charge < -0.3 is 9.88 Å². The van der Waals surface area contributed by atoms with Crippen molar-refractivity contribution >= 4 is 34.9 Å². The molecule has 0 bridgehead atoms. The largest absolute Gasteiger partial charge is 0.363 e. The highest BCUT2D eigenvalue weighted by molar-refractivity contribution is 6.31. The molecule has 4 nitrogen and oxygen atoms in total. The lowest BCUT2D eigenvalue weighted by molar-refractivity contribution is 0.508. The summed E-state index contributed by atoms with van der Waals surface area (Å²) < 4.78 is 13.5. The summed E-state index contributed by atoms with van der Waals surface area (Å²) in [5.41, 5.74) is 4.54. The van der Waals surface area contributed by atoms with Gasteiger partial charge in [0.15, 0.2) is 0 Å². The molecular formula is C21H20ClFN4. The molecule has 1 aromatic carbocycles. The fraction of sp³-hybridized carbons (Fsp3) is 0.143. The van der Waals surface area contributed by atoms with Crippen LogP contribution in [0.5, 0.6) is 0 Å². The zero-order chi connectivity index (χ0) is 19.6. The monoisotopic (exact) mass is 382 g/mol. The summed E-state index contributed by atoms with van der Waals surface area (Å²) in [6, 6.07) is 6.76. The average Bonchev–Trinajstić information content (AvgIpc) is 3.07. The van der Waals surface area contributed by atoms with Crippen molar-refractivity contribution in [3.8, 4) is 11.1 Å². The molecule has 0 aliphatic heterocycles. The van der Waals surface area contributed by atoms with Gasteiger partial charge in [-0.3, -0.25) is 0 Å². The zero-order valence-electron chi connectivity index (χ0n) is 15.4. The first-order chi connectivity index (χ1) is 12.9. The number of hydrogen-bond donors (Lipinski definition) is 1. The molecule has 27 heavy (non-hydrogen) atoms. The number of allylic oxidation sites excluding steroid dienone is 3. The van der Waals surface area contributed by atoms with E-state index in [-0.39, 0.29) is 5.02 Å². The second kappa shape index (κ2) is 7.76. The second-order valence-corrected chi connectivity index (χ2v) is 6.79. The van der Waals surface area contributed by atoms with Crippen LogP contribution in [0.15, 0.2) is 59.6 Å². The third-order valence-corrected chi connectivity index (χ3v) is 4.61. The molecule has 0 spiro atoms. The predicted octanol–water partition coefficient (Wildman–Crippen LogP) is 5.53. The highest BCUT2D eigenvalue weighted by atomic mass is 35.5. The minimum Gasteiger partial charge on any atom is -0.363 e. The molecule has 2 heterocycles. The van der Waals surface area contributed by atoms with Gasteiger partial charge in [-0.2, -0.15) is 0 Å². The van der Waals surface area contributed by atoms with Crippen LogP contribution in [0.2, 0.25) is 5.02 Å². The molecular weight excluding hydrogens is 363 g/mol. The van der Waals surface area contributed by atoms with Crippen LogP contribution in [-0.4, -0.2) is 35.7 Å². The Bertz CT molecular complexity index is 1060. The number of H-pyrrole nitrogens is 1. The van der Waals surface area contributed by atoms with E-state index in [1.165, 1.54) is 6.07 Å². The van der Waals surface area contributed by atoms with Crippen LogP contribution >= 0.6 is 11.6 Å². The number of aromatic nitrogens is 2. The number of nitrogens with zero attached hydrogens (tertiary/aromatic N) is 3. The summed E-state index contributed by atoms with van der Waals surface area (Å²) in [4.78, 5) is 13.5. The van der Waals surface area contributed by atoms with E-state index in [1.54, 1.807) is 12.1 Å². The first kappa shape index (κ1) is 18.9. The smallest absolute Gasteiger partial charge is 0.141 e. The van der Waals surface area contributed by atoms with E-state index in [4.69, 9.17) is 11.6 Å². The number of rotatable bonds is 5. The lowest BCUT2D eigenvalue weighted by Gasteiger charge is -2.11. The third kappa shape index (κ3) is 3.93. The Labute approximate surface area is 162 Å². The van der Waals surface area contributed by atoms with Gasteiger partial charge >= 0.3 is 0 Å². The molecule has 0 atom stereocenters. The standard InChI is InChI=1S/C21H20ClFN4/c1-13(5-8-20(24-2)27(3)4)15-9-16-17(12-26-21(16)25-11-15)14-6-7-19(23)18(22)10-14/h5-12H,2H2,1,3-4H3,(H,25,26)/b13-5+,20-8+. The van der Waals surface area contributed by atoms with E-state index < -0.39 is 5.82 Å². The minimum atomic E-state index is -0.433. The molecule has 0 amide bonds. The normalized spacial score (nSPS) is 12.5. The van der Waals surface area contributed by atoms with Gasteiger partial charge in [0.05, 0.1) is 5.02 Å². The Balaban J connectivity index is 2.04. The third-order valence-electron chi connectivity index (χ3n) is 4.32.